The van der Waals surface area contributed by atoms with Gasteiger partial charge in [0.2, 0.25) is 0 Å². The van der Waals surface area contributed by atoms with Crippen molar-refractivity contribution in [3.05, 3.63) is 59.9 Å². The number of pyridine rings is 1. The maximum atomic E-state index is 12.3. The summed E-state index contributed by atoms with van der Waals surface area (Å²) in [6.45, 7) is -2.64. The van der Waals surface area contributed by atoms with E-state index in [1.54, 1.807) is 12.4 Å². The summed E-state index contributed by atoms with van der Waals surface area (Å²) in [6, 6.07) is 8.19. The highest BCUT2D eigenvalue weighted by Crippen LogP contribution is 2.29. The second-order valence-corrected chi connectivity index (χ2v) is 5.25. The van der Waals surface area contributed by atoms with Crippen molar-refractivity contribution < 1.29 is 27.8 Å². The van der Waals surface area contributed by atoms with Gasteiger partial charge in [0.25, 0.3) is 0 Å². The van der Waals surface area contributed by atoms with Crippen LogP contribution in [0.5, 0.6) is 11.5 Å². The number of aromatic nitrogens is 1. The number of alkyl halides is 2. The van der Waals surface area contributed by atoms with Crippen LogP contribution in [0, 0.1) is 0 Å². The molecule has 0 N–H and O–H groups in total. The number of esters is 1. The Morgan fingerprint density at radius 1 is 1.27 bits per heavy atom. The van der Waals surface area contributed by atoms with E-state index in [-0.39, 0.29) is 11.5 Å². The maximum Gasteiger partial charge on any atom is 0.387 e. The molecule has 1 aromatic heterocycles. The molecule has 26 heavy (non-hydrogen) atoms. The molecule has 0 saturated heterocycles. The highest BCUT2D eigenvalue weighted by atomic mass is 19.3. The van der Waals surface area contributed by atoms with Crippen molar-refractivity contribution in [1.29, 1.82) is 0 Å². The Hall–Kier alpha value is -2.96. The molecule has 7 heteroatoms. The zero-order valence-electron chi connectivity index (χ0n) is 14.2. The van der Waals surface area contributed by atoms with Crippen LogP contribution in [0.3, 0.4) is 0 Å². The maximum absolute atomic E-state index is 12.3. The highest BCUT2D eigenvalue weighted by Gasteiger charge is 2.10. The molecule has 5 nitrogen and oxygen atoms in total. The molecule has 1 aromatic carbocycles. The van der Waals surface area contributed by atoms with Crippen molar-refractivity contribution in [3.63, 3.8) is 0 Å². The Morgan fingerprint density at radius 3 is 2.81 bits per heavy atom. The molecule has 0 atom stereocenters. The SMILES string of the molecule is COc1cc(C=CC(=O)OCCCc2cccnc2)ccc1OC(F)F. The van der Waals surface area contributed by atoms with E-state index in [1.807, 2.05) is 12.1 Å². The van der Waals surface area contributed by atoms with Crippen molar-refractivity contribution in [2.75, 3.05) is 13.7 Å². The summed E-state index contributed by atoms with van der Waals surface area (Å²) in [5.74, 6) is -0.405. The number of aryl methyl sites for hydroxylation is 1. The fourth-order valence-electron chi connectivity index (χ4n) is 2.19. The number of methoxy groups -OCH3 is 1. The van der Waals surface area contributed by atoms with Gasteiger partial charge < -0.3 is 14.2 Å². The Morgan fingerprint density at radius 2 is 2.12 bits per heavy atom. The van der Waals surface area contributed by atoms with E-state index in [9.17, 15) is 13.6 Å². The van der Waals surface area contributed by atoms with Gasteiger partial charge >= 0.3 is 12.6 Å². The fourth-order valence-corrected chi connectivity index (χ4v) is 2.19. The summed E-state index contributed by atoms with van der Waals surface area (Å²) in [7, 11) is 1.34. The third kappa shape index (κ3) is 6.51. The van der Waals surface area contributed by atoms with Crippen LogP contribution in [0.1, 0.15) is 17.5 Å². The summed E-state index contributed by atoms with van der Waals surface area (Å²) >= 11 is 0. The summed E-state index contributed by atoms with van der Waals surface area (Å²) in [5.41, 5.74) is 1.67. The average molecular weight is 363 g/mol. The van der Waals surface area contributed by atoms with E-state index in [4.69, 9.17) is 9.47 Å². The monoisotopic (exact) mass is 363 g/mol. The molecule has 0 aliphatic heterocycles. The van der Waals surface area contributed by atoms with Crippen molar-refractivity contribution in [2.24, 2.45) is 0 Å². The van der Waals surface area contributed by atoms with Gasteiger partial charge in [-0.25, -0.2) is 4.79 Å². The topological polar surface area (TPSA) is 57.7 Å². The third-order valence-electron chi connectivity index (χ3n) is 3.39. The van der Waals surface area contributed by atoms with Gasteiger partial charge in [0.1, 0.15) is 0 Å². The molecular weight excluding hydrogens is 344 g/mol. The lowest BCUT2D eigenvalue weighted by atomic mass is 10.2. The molecule has 0 fully saturated rings. The van der Waals surface area contributed by atoms with Crippen LogP contribution < -0.4 is 9.47 Å². The van der Waals surface area contributed by atoms with Gasteiger partial charge in [-0.3, -0.25) is 4.98 Å². The predicted octanol–water partition coefficient (Wildman–Crippen LogP) is 3.88. The van der Waals surface area contributed by atoms with Gasteiger partial charge in [-0.2, -0.15) is 8.78 Å². The molecule has 2 aromatic rings. The number of carbonyl (C=O) groups is 1. The molecule has 0 radical (unpaired) electrons. The quantitative estimate of drug-likeness (QED) is 0.384. The second kappa shape index (κ2) is 10.1. The van der Waals surface area contributed by atoms with Crippen LogP contribution >= 0.6 is 0 Å². The van der Waals surface area contributed by atoms with Crippen LogP contribution in [0.25, 0.3) is 6.08 Å². The number of carbonyl (C=O) groups excluding carboxylic acids is 1. The first-order valence-electron chi connectivity index (χ1n) is 7.95. The van der Waals surface area contributed by atoms with Crippen molar-refractivity contribution >= 4 is 12.0 Å². The molecule has 0 amide bonds. The number of nitrogens with zero attached hydrogens (tertiary/aromatic N) is 1. The van der Waals surface area contributed by atoms with Gasteiger partial charge in [-0.15, -0.1) is 0 Å². The van der Waals surface area contributed by atoms with Crippen LogP contribution in [0.15, 0.2) is 48.8 Å². The standard InChI is InChI=1S/C19H19F2NO4/c1-24-17-12-14(6-8-16(17)26-19(20)21)7-9-18(23)25-11-3-5-15-4-2-10-22-13-15/h2,4,6-10,12-13,19H,3,5,11H2,1H3. The number of benzene rings is 1. The summed E-state index contributed by atoms with van der Waals surface area (Å²) < 4.78 is 39.0. The molecule has 0 saturated carbocycles. The Kier molecular flexibility index (Phi) is 7.54. The number of hydrogen-bond acceptors (Lipinski definition) is 5. The zero-order valence-corrected chi connectivity index (χ0v) is 14.2. The minimum absolute atomic E-state index is 0.0716. The highest BCUT2D eigenvalue weighted by molar-refractivity contribution is 5.87. The molecule has 0 aliphatic rings. The first kappa shape index (κ1) is 19.4. The molecule has 2 rings (SSSR count). The first-order valence-corrected chi connectivity index (χ1v) is 7.95. The van der Waals surface area contributed by atoms with E-state index in [1.165, 1.54) is 37.5 Å². The van der Waals surface area contributed by atoms with Crippen molar-refractivity contribution in [1.82, 2.24) is 4.98 Å². The minimum atomic E-state index is -2.94. The summed E-state index contributed by atoms with van der Waals surface area (Å²) in [4.78, 5) is 15.7. The van der Waals surface area contributed by atoms with Crippen molar-refractivity contribution in [3.8, 4) is 11.5 Å². The molecule has 0 spiro atoms. The van der Waals surface area contributed by atoms with E-state index < -0.39 is 12.6 Å². The number of halogens is 2. The van der Waals surface area contributed by atoms with E-state index in [0.29, 0.717) is 18.6 Å². The molecule has 0 unspecified atom stereocenters. The Labute approximate surface area is 150 Å². The molecular formula is C19H19F2NO4. The van der Waals surface area contributed by atoms with Gasteiger partial charge in [0.05, 0.1) is 13.7 Å². The zero-order chi connectivity index (χ0) is 18.8. The van der Waals surface area contributed by atoms with Crippen molar-refractivity contribution in [2.45, 2.75) is 19.5 Å². The van der Waals surface area contributed by atoms with Crippen LogP contribution in [-0.2, 0) is 16.0 Å². The molecule has 1 heterocycles. The smallest absolute Gasteiger partial charge is 0.387 e. The Balaban J connectivity index is 1.81. The Bertz CT molecular complexity index is 736. The third-order valence-corrected chi connectivity index (χ3v) is 3.39. The van der Waals surface area contributed by atoms with Gasteiger partial charge in [0, 0.05) is 18.5 Å². The molecule has 138 valence electrons. The average Bonchev–Trinajstić information content (AvgIpc) is 2.65. The van der Waals surface area contributed by atoms with E-state index >= 15 is 0 Å². The second-order valence-electron chi connectivity index (χ2n) is 5.25. The lowest BCUT2D eigenvalue weighted by Crippen LogP contribution is -2.04. The predicted molar refractivity (Wildman–Crippen MR) is 92.2 cm³/mol. The number of rotatable bonds is 9. The molecule has 0 bridgehead atoms. The lowest BCUT2D eigenvalue weighted by molar-refractivity contribution is -0.137. The van der Waals surface area contributed by atoms with Crippen LogP contribution in [-0.4, -0.2) is 31.3 Å². The van der Waals surface area contributed by atoms with Gasteiger partial charge in [-0.05, 0) is 48.2 Å². The largest absolute Gasteiger partial charge is 0.493 e. The number of ether oxygens (including phenoxy) is 3. The number of hydrogen-bond donors (Lipinski definition) is 0. The van der Waals surface area contributed by atoms with E-state index in [0.717, 1.165) is 12.0 Å². The van der Waals surface area contributed by atoms with Gasteiger partial charge in [0.15, 0.2) is 11.5 Å². The molecule has 0 aliphatic carbocycles. The summed E-state index contributed by atoms with van der Waals surface area (Å²) in [6.07, 6.45) is 7.73. The van der Waals surface area contributed by atoms with E-state index in [2.05, 4.69) is 9.72 Å². The first-order chi connectivity index (χ1) is 12.6. The van der Waals surface area contributed by atoms with Crippen LogP contribution in [0.2, 0.25) is 0 Å². The van der Waals surface area contributed by atoms with Crippen LogP contribution in [0.4, 0.5) is 8.78 Å². The normalized spacial score (nSPS) is 10.9. The fraction of sp³-hybridized carbons (Fsp3) is 0.263. The van der Waals surface area contributed by atoms with Gasteiger partial charge in [-0.1, -0.05) is 12.1 Å². The lowest BCUT2D eigenvalue weighted by Gasteiger charge is -2.10. The summed E-state index contributed by atoms with van der Waals surface area (Å²) in [5, 5.41) is 0. The minimum Gasteiger partial charge on any atom is -0.493 e.